The van der Waals surface area contributed by atoms with Gasteiger partial charge in [0.05, 0.1) is 17.7 Å². The second kappa shape index (κ2) is 7.09. The van der Waals surface area contributed by atoms with Crippen LogP contribution in [0.5, 0.6) is 0 Å². The average molecular weight is 368 g/mol. The van der Waals surface area contributed by atoms with E-state index in [0.29, 0.717) is 32.5 Å². The molecule has 0 saturated carbocycles. The predicted octanol–water partition coefficient (Wildman–Crippen LogP) is 0.209. The minimum absolute atomic E-state index is 0.161. The lowest BCUT2D eigenvalue weighted by molar-refractivity contribution is 0.100. The van der Waals surface area contributed by atoms with Crippen LogP contribution in [0.3, 0.4) is 0 Å². The average Bonchev–Trinajstić information content (AvgIpc) is 2.92. The molecule has 0 bridgehead atoms. The molecule has 1 aliphatic rings. The van der Waals surface area contributed by atoms with Crippen LogP contribution >= 0.6 is 23.1 Å². The number of β-amino-alcohol motifs (C(OH)–C–C–N with tert-alkyl or cyclic N) is 1. The van der Waals surface area contributed by atoms with E-state index in [2.05, 4.69) is 19.8 Å². The number of thioether (sulfide) groups is 1. The Balaban J connectivity index is 2.01. The van der Waals surface area contributed by atoms with Crippen LogP contribution in [0.25, 0.3) is 10.2 Å². The molecule has 3 heterocycles. The molecule has 5 N–H and O–H groups in total. The molecule has 0 unspecified atom stereocenters. The lowest BCUT2D eigenvalue weighted by Gasteiger charge is -2.35. The second-order valence-electron chi connectivity index (χ2n) is 5.48. The van der Waals surface area contributed by atoms with Gasteiger partial charge in [0, 0.05) is 32.7 Å². The Labute approximate surface area is 147 Å². The maximum atomic E-state index is 11.6. The number of anilines is 2. The standard InChI is InChI=1S/C14H20N6O2S2/c1-23-14-17-12(20-4-2-19(3-5-20)6-7-21)8-9(15)10(11(16)22)24-13(8)18-14/h21H,2-7,15H2,1H3,(H2,16,22). The van der Waals surface area contributed by atoms with E-state index < -0.39 is 5.91 Å². The van der Waals surface area contributed by atoms with Crippen molar-refractivity contribution in [2.24, 2.45) is 5.73 Å². The largest absolute Gasteiger partial charge is 0.397 e. The van der Waals surface area contributed by atoms with Crippen molar-refractivity contribution in [1.29, 1.82) is 0 Å². The number of aromatic nitrogens is 2. The van der Waals surface area contributed by atoms with Crippen LogP contribution in [0, 0.1) is 0 Å². The number of nitrogen functional groups attached to an aromatic ring is 1. The summed E-state index contributed by atoms with van der Waals surface area (Å²) in [6.07, 6.45) is 1.91. The van der Waals surface area contributed by atoms with Gasteiger partial charge in [-0.1, -0.05) is 11.8 Å². The summed E-state index contributed by atoms with van der Waals surface area (Å²) >= 11 is 2.67. The highest BCUT2D eigenvalue weighted by molar-refractivity contribution is 7.98. The number of primary amides is 1. The van der Waals surface area contributed by atoms with Crippen molar-refractivity contribution in [1.82, 2.24) is 14.9 Å². The minimum Gasteiger partial charge on any atom is -0.397 e. The van der Waals surface area contributed by atoms with E-state index in [9.17, 15) is 4.79 Å². The monoisotopic (exact) mass is 368 g/mol. The first kappa shape index (κ1) is 17.2. The van der Waals surface area contributed by atoms with Gasteiger partial charge in [-0.25, -0.2) is 9.97 Å². The smallest absolute Gasteiger partial charge is 0.260 e. The number of amides is 1. The summed E-state index contributed by atoms with van der Waals surface area (Å²) in [6, 6.07) is 0. The molecule has 2 aromatic heterocycles. The summed E-state index contributed by atoms with van der Waals surface area (Å²) in [7, 11) is 0. The van der Waals surface area contributed by atoms with Crippen LogP contribution in [-0.4, -0.2) is 71.5 Å². The van der Waals surface area contributed by atoms with Gasteiger partial charge in [0.15, 0.2) is 5.16 Å². The fraction of sp³-hybridized carbons (Fsp3) is 0.500. The van der Waals surface area contributed by atoms with Crippen LogP contribution < -0.4 is 16.4 Å². The third kappa shape index (κ3) is 3.14. The number of hydrogen-bond acceptors (Lipinski definition) is 9. The topological polar surface area (TPSA) is 122 Å². The summed E-state index contributed by atoms with van der Waals surface area (Å²) in [4.78, 5) is 26.1. The predicted molar refractivity (Wildman–Crippen MR) is 97.9 cm³/mol. The lowest BCUT2D eigenvalue weighted by atomic mass is 10.2. The van der Waals surface area contributed by atoms with E-state index in [1.54, 1.807) is 0 Å². The maximum Gasteiger partial charge on any atom is 0.260 e. The highest BCUT2D eigenvalue weighted by atomic mass is 32.2. The van der Waals surface area contributed by atoms with Gasteiger partial charge in [-0.2, -0.15) is 0 Å². The van der Waals surface area contributed by atoms with Gasteiger partial charge in [-0.05, 0) is 6.26 Å². The Morgan fingerprint density at radius 2 is 2.04 bits per heavy atom. The fourth-order valence-corrected chi connectivity index (χ4v) is 4.17. The molecule has 1 aliphatic heterocycles. The van der Waals surface area contributed by atoms with Crippen molar-refractivity contribution >= 4 is 50.7 Å². The first-order valence-electron chi connectivity index (χ1n) is 7.57. The molecule has 130 valence electrons. The molecule has 0 spiro atoms. The number of rotatable bonds is 5. The van der Waals surface area contributed by atoms with Crippen LogP contribution in [-0.2, 0) is 0 Å². The molecular formula is C14H20N6O2S2. The zero-order valence-electron chi connectivity index (χ0n) is 13.4. The zero-order valence-corrected chi connectivity index (χ0v) is 15.0. The van der Waals surface area contributed by atoms with E-state index in [-0.39, 0.29) is 6.61 Å². The number of carbonyl (C=O) groups is 1. The molecule has 8 nitrogen and oxygen atoms in total. The molecule has 24 heavy (non-hydrogen) atoms. The number of aliphatic hydroxyl groups is 1. The highest BCUT2D eigenvalue weighted by Crippen LogP contribution is 2.39. The number of fused-ring (bicyclic) bond motifs is 1. The van der Waals surface area contributed by atoms with Gasteiger partial charge < -0.3 is 21.5 Å². The van der Waals surface area contributed by atoms with Crippen LogP contribution in [0.4, 0.5) is 11.5 Å². The number of piperazine rings is 1. The number of nitrogens with two attached hydrogens (primary N) is 2. The molecule has 0 aromatic carbocycles. The van der Waals surface area contributed by atoms with Crippen molar-refractivity contribution in [3.63, 3.8) is 0 Å². The Kier molecular flexibility index (Phi) is 5.09. The Morgan fingerprint density at radius 3 is 2.62 bits per heavy atom. The molecule has 0 radical (unpaired) electrons. The molecule has 1 saturated heterocycles. The summed E-state index contributed by atoms with van der Waals surface area (Å²) in [5.41, 5.74) is 12.0. The maximum absolute atomic E-state index is 11.6. The first-order valence-corrected chi connectivity index (χ1v) is 9.61. The van der Waals surface area contributed by atoms with E-state index >= 15 is 0 Å². The number of nitrogens with zero attached hydrogens (tertiary/aromatic N) is 4. The van der Waals surface area contributed by atoms with E-state index in [1.165, 1.54) is 23.1 Å². The molecule has 3 rings (SSSR count). The third-order valence-electron chi connectivity index (χ3n) is 4.04. The molecule has 1 amide bonds. The fourth-order valence-electron chi connectivity index (χ4n) is 2.81. The number of aliphatic hydroxyl groups excluding tert-OH is 1. The van der Waals surface area contributed by atoms with Gasteiger partial charge in [-0.15, -0.1) is 11.3 Å². The third-order valence-corrected chi connectivity index (χ3v) is 5.71. The molecule has 1 fully saturated rings. The summed E-state index contributed by atoms with van der Waals surface area (Å²) in [5, 5.41) is 10.4. The van der Waals surface area contributed by atoms with Gasteiger partial charge in [0.25, 0.3) is 5.91 Å². The van der Waals surface area contributed by atoms with Crippen molar-refractivity contribution in [3.8, 4) is 0 Å². The van der Waals surface area contributed by atoms with Gasteiger partial charge in [0.2, 0.25) is 0 Å². The van der Waals surface area contributed by atoms with Gasteiger partial charge >= 0.3 is 0 Å². The summed E-state index contributed by atoms with van der Waals surface area (Å²) in [6.45, 7) is 4.08. The van der Waals surface area contributed by atoms with Gasteiger partial charge in [0.1, 0.15) is 15.5 Å². The molecule has 10 heteroatoms. The molecule has 0 aliphatic carbocycles. The van der Waals surface area contributed by atoms with Crippen molar-refractivity contribution in [2.45, 2.75) is 5.16 Å². The molecule has 0 atom stereocenters. The minimum atomic E-state index is -0.542. The van der Waals surface area contributed by atoms with Crippen molar-refractivity contribution in [2.75, 3.05) is 56.2 Å². The summed E-state index contributed by atoms with van der Waals surface area (Å²) in [5.74, 6) is 0.217. The number of carbonyl (C=O) groups excluding carboxylic acids is 1. The normalized spacial score (nSPS) is 16.0. The SMILES string of the molecule is CSc1nc(N2CCN(CCO)CC2)c2c(N)c(C(N)=O)sc2n1. The second-order valence-corrected chi connectivity index (χ2v) is 7.25. The van der Waals surface area contributed by atoms with E-state index in [0.717, 1.165) is 32.0 Å². The van der Waals surface area contributed by atoms with Crippen LogP contribution in [0.1, 0.15) is 9.67 Å². The van der Waals surface area contributed by atoms with Crippen LogP contribution in [0.2, 0.25) is 0 Å². The first-order chi connectivity index (χ1) is 11.5. The zero-order chi connectivity index (χ0) is 17.3. The number of thiophene rings is 1. The van der Waals surface area contributed by atoms with Crippen molar-refractivity contribution in [3.05, 3.63) is 4.88 Å². The van der Waals surface area contributed by atoms with Crippen LogP contribution in [0.15, 0.2) is 5.16 Å². The van der Waals surface area contributed by atoms with E-state index in [4.69, 9.17) is 16.6 Å². The van der Waals surface area contributed by atoms with E-state index in [1.807, 2.05) is 6.26 Å². The Hall–Kier alpha value is -1.62. The Bertz CT molecular complexity index is 757. The number of hydrogen-bond donors (Lipinski definition) is 3. The quantitative estimate of drug-likeness (QED) is 0.506. The highest BCUT2D eigenvalue weighted by Gasteiger charge is 2.25. The molecular weight excluding hydrogens is 348 g/mol. The van der Waals surface area contributed by atoms with Gasteiger partial charge in [-0.3, -0.25) is 9.69 Å². The lowest BCUT2D eigenvalue weighted by Crippen LogP contribution is -2.47. The van der Waals surface area contributed by atoms with Crippen molar-refractivity contribution < 1.29 is 9.90 Å². The molecule has 2 aromatic rings. The Morgan fingerprint density at radius 1 is 1.33 bits per heavy atom. The summed E-state index contributed by atoms with van der Waals surface area (Å²) < 4.78 is 0.